The van der Waals surface area contributed by atoms with E-state index in [4.69, 9.17) is 18.9 Å². The SMILES string of the molecule is O=C(Nc1ccccc1)OCCNCC(O)COc1ccc(OCCOC2CCCC2)cc1. The third-order valence-electron chi connectivity index (χ3n) is 5.19. The van der Waals surface area contributed by atoms with Crippen molar-refractivity contribution in [2.24, 2.45) is 0 Å². The molecule has 2 aromatic rings. The van der Waals surface area contributed by atoms with E-state index in [0.717, 1.165) is 18.6 Å². The van der Waals surface area contributed by atoms with E-state index in [9.17, 15) is 9.90 Å². The molecule has 1 atom stereocenters. The summed E-state index contributed by atoms with van der Waals surface area (Å²) in [4.78, 5) is 11.7. The van der Waals surface area contributed by atoms with Crippen LogP contribution in [0.15, 0.2) is 54.6 Å². The van der Waals surface area contributed by atoms with Gasteiger partial charge in [0, 0.05) is 18.8 Å². The number of hydrogen-bond donors (Lipinski definition) is 3. The first-order valence-corrected chi connectivity index (χ1v) is 11.5. The van der Waals surface area contributed by atoms with Crippen molar-refractivity contribution < 1.29 is 28.8 Å². The van der Waals surface area contributed by atoms with Gasteiger partial charge in [0.25, 0.3) is 0 Å². The maximum Gasteiger partial charge on any atom is 0.411 e. The van der Waals surface area contributed by atoms with Crippen LogP contribution in [0.3, 0.4) is 0 Å². The van der Waals surface area contributed by atoms with Gasteiger partial charge < -0.3 is 29.4 Å². The Balaban J connectivity index is 1.19. The highest BCUT2D eigenvalue weighted by Gasteiger charge is 2.14. The zero-order valence-corrected chi connectivity index (χ0v) is 18.9. The number of carbonyl (C=O) groups excluding carboxylic acids is 1. The average molecular weight is 459 g/mol. The van der Waals surface area contributed by atoms with Crippen LogP contribution in [0.1, 0.15) is 25.7 Å². The largest absolute Gasteiger partial charge is 0.491 e. The Labute approximate surface area is 195 Å². The summed E-state index contributed by atoms with van der Waals surface area (Å²) in [5.74, 6) is 1.42. The molecule has 1 aliphatic rings. The maximum atomic E-state index is 11.7. The molecule has 1 saturated carbocycles. The lowest BCUT2D eigenvalue weighted by Crippen LogP contribution is -2.33. The lowest BCUT2D eigenvalue weighted by atomic mass is 10.3. The van der Waals surface area contributed by atoms with Gasteiger partial charge in [-0.25, -0.2) is 4.79 Å². The van der Waals surface area contributed by atoms with Gasteiger partial charge in [0.15, 0.2) is 0 Å². The summed E-state index contributed by atoms with van der Waals surface area (Å²) >= 11 is 0. The fraction of sp³-hybridized carbons (Fsp3) is 0.480. The fourth-order valence-corrected chi connectivity index (χ4v) is 3.47. The number of aliphatic hydroxyl groups is 1. The van der Waals surface area contributed by atoms with Gasteiger partial charge in [-0.2, -0.15) is 0 Å². The number of aliphatic hydroxyl groups excluding tert-OH is 1. The Kier molecular flexibility index (Phi) is 10.8. The second kappa shape index (κ2) is 14.4. The van der Waals surface area contributed by atoms with Crippen LogP contribution in [0.4, 0.5) is 10.5 Å². The summed E-state index contributed by atoms with van der Waals surface area (Å²) in [6.07, 6.45) is 4.05. The maximum absolute atomic E-state index is 11.7. The van der Waals surface area contributed by atoms with Crippen molar-refractivity contribution in [2.45, 2.75) is 37.9 Å². The van der Waals surface area contributed by atoms with Crippen LogP contribution in [0.5, 0.6) is 11.5 Å². The van der Waals surface area contributed by atoms with Gasteiger partial charge in [0.1, 0.15) is 37.4 Å². The van der Waals surface area contributed by atoms with E-state index in [1.165, 1.54) is 12.8 Å². The van der Waals surface area contributed by atoms with Crippen molar-refractivity contribution >= 4 is 11.8 Å². The van der Waals surface area contributed by atoms with Gasteiger partial charge in [-0.15, -0.1) is 0 Å². The van der Waals surface area contributed by atoms with Crippen molar-refractivity contribution in [3.8, 4) is 11.5 Å². The monoisotopic (exact) mass is 458 g/mol. The molecule has 0 bridgehead atoms. The first kappa shape index (κ1) is 24.8. The van der Waals surface area contributed by atoms with Crippen molar-refractivity contribution in [3.05, 3.63) is 54.6 Å². The molecular formula is C25H34N2O6. The van der Waals surface area contributed by atoms with Crippen molar-refractivity contribution in [2.75, 3.05) is 44.8 Å². The second-order valence-corrected chi connectivity index (χ2v) is 7.89. The standard InChI is InChI=1S/C25H34N2O6/c28-21(18-26-14-15-32-25(29)27-20-6-2-1-3-7-20)19-33-24-12-10-23(11-13-24)31-17-16-30-22-8-4-5-9-22/h1-3,6-7,10-13,21-22,26,28H,4-5,8-9,14-19H2,(H,27,29). The molecule has 180 valence electrons. The molecule has 1 aliphatic carbocycles. The van der Waals surface area contributed by atoms with E-state index in [1.807, 2.05) is 42.5 Å². The van der Waals surface area contributed by atoms with Crippen LogP contribution in [-0.4, -0.2) is 62.9 Å². The summed E-state index contributed by atoms with van der Waals surface area (Å²) in [6.45, 7) is 2.22. The molecular weight excluding hydrogens is 424 g/mol. The summed E-state index contributed by atoms with van der Waals surface area (Å²) < 4.78 is 22.2. The van der Waals surface area contributed by atoms with E-state index in [0.29, 0.717) is 43.8 Å². The van der Waals surface area contributed by atoms with Crippen LogP contribution in [0.2, 0.25) is 0 Å². The number of rotatable bonds is 14. The molecule has 2 aromatic carbocycles. The second-order valence-electron chi connectivity index (χ2n) is 7.89. The number of hydrogen-bond acceptors (Lipinski definition) is 7. The Morgan fingerprint density at radius 1 is 0.939 bits per heavy atom. The van der Waals surface area contributed by atoms with Gasteiger partial charge in [-0.05, 0) is 49.2 Å². The third kappa shape index (κ3) is 10.1. The zero-order valence-electron chi connectivity index (χ0n) is 18.9. The summed E-state index contributed by atoms with van der Waals surface area (Å²) in [7, 11) is 0. The van der Waals surface area contributed by atoms with E-state index in [1.54, 1.807) is 12.1 Å². The molecule has 33 heavy (non-hydrogen) atoms. The summed E-state index contributed by atoms with van der Waals surface area (Å²) in [6, 6.07) is 16.4. The van der Waals surface area contributed by atoms with Crippen LogP contribution in [0.25, 0.3) is 0 Å². The van der Waals surface area contributed by atoms with E-state index < -0.39 is 12.2 Å². The third-order valence-corrected chi connectivity index (χ3v) is 5.19. The van der Waals surface area contributed by atoms with Crippen LogP contribution in [-0.2, 0) is 9.47 Å². The molecule has 0 heterocycles. The molecule has 3 N–H and O–H groups in total. The molecule has 8 nitrogen and oxygen atoms in total. The zero-order chi connectivity index (χ0) is 23.1. The van der Waals surface area contributed by atoms with Crippen LogP contribution >= 0.6 is 0 Å². The Morgan fingerprint density at radius 3 is 2.36 bits per heavy atom. The highest BCUT2D eigenvalue weighted by atomic mass is 16.5. The predicted molar refractivity (Wildman–Crippen MR) is 126 cm³/mol. The van der Waals surface area contributed by atoms with E-state index in [2.05, 4.69) is 10.6 Å². The minimum Gasteiger partial charge on any atom is -0.491 e. The summed E-state index contributed by atoms with van der Waals surface area (Å²) in [5, 5.41) is 15.7. The molecule has 8 heteroatoms. The Hall–Kier alpha value is -2.81. The lowest BCUT2D eigenvalue weighted by Gasteiger charge is -2.14. The molecule has 0 saturated heterocycles. The quantitative estimate of drug-likeness (QED) is 0.372. The fourth-order valence-electron chi connectivity index (χ4n) is 3.47. The van der Waals surface area contributed by atoms with Gasteiger partial charge in [0.2, 0.25) is 0 Å². The highest BCUT2D eigenvalue weighted by Crippen LogP contribution is 2.21. The molecule has 1 amide bonds. The van der Waals surface area contributed by atoms with Gasteiger partial charge in [-0.1, -0.05) is 31.0 Å². The number of amides is 1. The normalized spacial score (nSPS) is 14.6. The van der Waals surface area contributed by atoms with E-state index in [-0.39, 0.29) is 13.2 Å². The van der Waals surface area contributed by atoms with E-state index >= 15 is 0 Å². The number of nitrogens with one attached hydrogen (secondary N) is 2. The average Bonchev–Trinajstić information content (AvgIpc) is 3.35. The van der Waals surface area contributed by atoms with Gasteiger partial charge in [0.05, 0.1) is 12.7 Å². The van der Waals surface area contributed by atoms with Crippen molar-refractivity contribution in [3.63, 3.8) is 0 Å². The Morgan fingerprint density at radius 2 is 1.64 bits per heavy atom. The number of para-hydroxylation sites is 1. The molecule has 1 fully saturated rings. The number of benzene rings is 2. The number of anilines is 1. The molecule has 0 spiro atoms. The highest BCUT2D eigenvalue weighted by molar-refractivity contribution is 5.84. The van der Waals surface area contributed by atoms with Crippen LogP contribution in [0, 0.1) is 0 Å². The molecule has 0 radical (unpaired) electrons. The minimum absolute atomic E-state index is 0.151. The first-order chi connectivity index (χ1) is 16.2. The summed E-state index contributed by atoms with van der Waals surface area (Å²) in [5.41, 5.74) is 0.677. The number of ether oxygens (including phenoxy) is 4. The molecule has 1 unspecified atom stereocenters. The van der Waals surface area contributed by atoms with Gasteiger partial charge >= 0.3 is 6.09 Å². The van der Waals surface area contributed by atoms with Crippen molar-refractivity contribution in [1.82, 2.24) is 5.32 Å². The van der Waals surface area contributed by atoms with Crippen LogP contribution < -0.4 is 20.1 Å². The number of carbonyl (C=O) groups is 1. The smallest absolute Gasteiger partial charge is 0.411 e. The molecule has 0 aromatic heterocycles. The van der Waals surface area contributed by atoms with Gasteiger partial charge in [-0.3, -0.25) is 5.32 Å². The minimum atomic E-state index is -0.688. The lowest BCUT2D eigenvalue weighted by molar-refractivity contribution is 0.0382. The first-order valence-electron chi connectivity index (χ1n) is 11.5. The topological polar surface area (TPSA) is 98.3 Å². The van der Waals surface area contributed by atoms with Crippen molar-refractivity contribution in [1.29, 1.82) is 0 Å². The predicted octanol–water partition coefficient (Wildman–Crippen LogP) is 3.60. The Bertz CT molecular complexity index is 796. The molecule has 3 rings (SSSR count). The molecule has 0 aliphatic heterocycles.